The van der Waals surface area contributed by atoms with Gasteiger partial charge in [0, 0.05) is 18.1 Å². The van der Waals surface area contributed by atoms with Crippen molar-refractivity contribution in [1.82, 2.24) is 15.5 Å². The molecule has 21 heavy (non-hydrogen) atoms. The number of rotatable bonds is 4. The number of carbonyl (C=O) groups is 1. The summed E-state index contributed by atoms with van der Waals surface area (Å²) in [4.78, 5) is 14.5. The smallest absolute Gasteiger partial charge is 0.315 e. The quantitative estimate of drug-likeness (QED) is 0.742. The number of carbonyl (C=O) groups excluding carboxylic acids is 1. The Bertz CT molecular complexity index is 332. The van der Waals surface area contributed by atoms with Crippen LogP contribution >= 0.6 is 0 Å². The van der Waals surface area contributed by atoms with Crippen molar-refractivity contribution >= 4 is 6.03 Å². The fourth-order valence-corrected chi connectivity index (χ4v) is 3.36. The largest absolute Gasteiger partial charge is 0.393 e. The lowest BCUT2D eigenvalue weighted by Crippen LogP contribution is -2.55. The molecule has 1 saturated carbocycles. The first-order valence-electron chi connectivity index (χ1n) is 8.45. The highest BCUT2D eigenvalue weighted by atomic mass is 16.3. The Hall–Kier alpha value is -0.810. The second kappa shape index (κ2) is 7.45. The zero-order valence-corrected chi connectivity index (χ0v) is 13.5. The fourth-order valence-electron chi connectivity index (χ4n) is 3.36. The third kappa shape index (κ3) is 5.15. The van der Waals surface area contributed by atoms with E-state index in [4.69, 9.17) is 0 Å². The van der Waals surface area contributed by atoms with Crippen LogP contribution < -0.4 is 10.6 Å². The van der Waals surface area contributed by atoms with Crippen molar-refractivity contribution in [2.45, 2.75) is 76.5 Å². The van der Waals surface area contributed by atoms with Gasteiger partial charge in [-0.3, -0.25) is 4.90 Å². The molecule has 1 aliphatic heterocycles. The standard InChI is InChI=1S/C16H31N3O2/c1-16(2,19-10-4-3-5-11-19)12-17-15(21)18-13-6-8-14(20)9-7-13/h13-14,20H,3-12H2,1-2H3,(H2,17,18,21). The summed E-state index contributed by atoms with van der Waals surface area (Å²) >= 11 is 0. The first-order valence-corrected chi connectivity index (χ1v) is 8.45. The molecule has 5 heteroatoms. The van der Waals surface area contributed by atoms with Gasteiger partial charge in [0.1, 0.15) is 0 Å². The third-order valence-electron chi connectivity index (χ3n) is 4.93. The lowest BCUT2D eigenvalue weighted by molar-refractivity contribution is 0.0950. The van der Waals surface area contributed by atoms with Crippen LogP contribution in [0.2, 0.25) is 0 Å². The van der Waals surface area contributed by atoms with Gasteiger partial charge in [-0.05, 0) is 65.5 Å². The average molecular weight is 297 g/mol. The Morgan fingerprint density at radius 3 is 2.38 bits per heavy atom. The molecule has 0 aromatic heterocycles. The predicted octanol–water partition coefficient (Wildman–Crippen LogP) is 1.85. The molecule has 3 N–H and O–H groups in total. The van der Waals surface area contributed by atoms with Gasteiger partial charge < -0.3 is 15.7 Å². The van der Waals surface area contributed by atoms with Crippen LogP contribution in [0, 0.1) is 0 Å². The van der Waals surface area contributed by atoms with E-state index in [-0.39, 0.29) is 23.7 Å². The van der Waals surface area contributed by atoms with Gasteiger partial charge in [0.2, 0.25) is 0 Å². The lowest BCUT2D eigenvalue weighted by atomic mass is 9.93. The van der Waals surface area contributed by atoms with Crippen molar-refractivity contribution in [2.24, 2.45) is 0 Å². The molecule has 0 bridgehead atoms. The fraction of sp³-hybridized carbons (Fsp3) is 0.938. The van der Waals surface area contributed by atoms with E-state index in [0.29, 0.717) is 6.54 Å². The summed E-state index contributed by atoms with van der Waals surface area (Å²) < 4.78 is 0. The van der Waals surface area contributed by atoms with Gasteiger partial charge in [-0.25, -0.2) is 4.79 Å². The molecule has 0 atom stereocenters. The maximum Gasteiger partial charge on any atom is 0.315 e. The topological polar surface area (TPSA) is 64.6 Å². The van der Waals surface area contributed by atoms with Gasteiger partial charge in [-0.2, -0.15) is 0 Å². The molecule has 1 saturated heterocycles. The first-order chi connectivity index (χ1) is 9.97. The van der Waals surface area contributed by atoms with Crippen LogP contribution in [0.3, 0.4) is 0 Å². The van der Waals surface area contributed by atoms with Crippen molar-refractivity contribution in [3.8, 4) is 0 Å². The summed E-state index contributed by atoms with van der Waals surface area (Å²) in [5.74, 6) is 0. The number of hydrogen-bond acceptors (Lipinski definition) is 3. The van der Waals surface area contributed by atoms with E-state index in [1.165, 1.54) is 19.3 Å². The highest BCUT2D eigenvalue weighted by Gasteiger charge is 2.28. The molecule has 0 unspecified atom stereocenters. The van der Waals surface area contributed by atoms with Gasteiger partial charge in [-0.1, -0.05) is 6.42 Å². The SMILES string of the molecule is CC(C)(CNC(=O)NC1CCC(O)CC1)N1CCCCC1. The monoisotopic (exact) mass is 297 g/mol. The molecule has 2 fully saturated rings. The molecule has 122 valence electrons. The van der Waals surface area contributed by atoms with Crippen molar-refractivity contribution in [3.63, 3.8) is 0 Å². The minimum atomic E-state index is -0.177. The van der Waals surface area contributed by atoms with Gasteiger partial charge in [0.15, 0.2) is 0 Å². The van der Waals surface area contributed by atoms with E-state index in [1.54, 1.807) is 0 Å². The molecule has 2 amide bonds. The highest BCUT2D eigenvalue weighted by Crippen LogP contribution is 2.20. The van der Waals surface area contributed by atoms with Gasteiger partial charge in [0.25, 0.3) is 0 Å². The van der Waals surface area contributed by atoms with Crippen molar-refractivity contribution < 1.29 is 9.90 Å². The van der Waals surface area contributed by atoms with E-state index < -0.39 is 0 Å². The van der Waals surface area contributed by atoms with Crippen LogP contribution in [-0.4, -0.2) is 53.4 Å². The molecule has 0 aromatic rings. The molecule has 0 radical (unpaired) electrons. The molecular weight excluding hydrogens is 266 g/mol. The summed E-state index contributed by atoms with van der Waals surface area (Å²) in [6.45, 7) is 7.35. The third-order valence-corrected chi connectivity index (χ3v) is 4.93. The Kier molecular flexibility index (Phi) is 5.88. The molecule has 0 aromatic carbocycles. The van der Waals surface area contributed by atoms with Crippen molar-refractivity contribution in [3.05, 3.63) is 0 Å². The number of urea groups is 1. The summed E-state index contributed by atoms with van der Waals surface area (Å²) in [6, 6.07) is 0.146. The molecule has 2 aliphatic rings. The van der Waals surface area contributed by atoms with Crippen LogP contribution in [-0.2, 0) is 0 Å². The Morgan fingerprint density at radius 2 is 1.76 bits per heavy atom. The predicted molar refractivity (Wildman–Crippen MR) is 84.3 cm³/mol. The second-order valence-corrected chi connectivity index (χ2v) is 7.19. The van der Waals surface area contributed by atoms with Crippen LogP contribution in [0.1, 0.15) is 58.8 Å². The second-order valence-electron chi connectivity index (χ2n) is 7.19. The van der Waals surface area contributed by atoms with Crippen LogP contribution in [0.4, 0.5) is 4.79 Å². The number of piperidine rings is 1. The minimum absolute atomic E-state index is 0.0144. The summed E-state index contributed by atoms with van der Waals surface area (Å²) in [5, 5.41) is 15.5. The van der Waals surface area contributed by atoms with Crippen LogP contribution in [0.25, 0.3) is 0 Å². The van der Waals surface area contributed by atoms with Gasteiger partial charge in [-0.15, -0.1) is 0 Å². The molecular formula is C16H31N3O2. The summed E-state index contributed by atoms with van der Waals surface area (Å²) in [7, 11) is 0. The van der Waals surface area contributed by atoms with Crippen LogP contribution in [0.15, 0.2) is 0 Å². The van der Waals surface area contributed by atoms with Gasteiger partial charge in [0.05, 0.1) is 6.10 Å². The number of likely N-dealkylation sites (tertiary alicyclic amines) is 1. The van der Waals surface area contributed by atoms with Gasteiger partial charge >= 0.3 is 6.03 Å². The van der Waals surface area contributed by atoms with E-state index in [0.717, 1.165) is 38.8 Å². The Labute approximate surface area is 128 Å². The van der Waals surface area contributed by atoms with Crippen molar-refractivity contribution in [2.75, 3.05) is 19.6 Å². The summed E-state index contributed by atoms with van der Waals surface area (Å²) in [6.07, 6.45) is 7.03. The number of amides is 2. The number of hydrogen-bond donors (Lipinski definition) is 3. The molecule has 5 nitrogen and oxygen atoms in total. The average Bonchev–Trinajstić information content (AvgIpc) is 2.49. The molecule has 1 heterocycles. The lowest BCUT2D eigenvalue weighted by Gasteiger charge is -2.41. The van der Waals surface area contributed by atoms with E-state index >= 15 is 0 Å². The zero-order valence-electron chi connectivity index (χ0n) is 13.5. The molecule has 0 spiro atoms. The zero-order chi connectivity index (χ0) is 15.3. The number of aliphatic hydroxyl groups excluding tert-OH is 1. The molecule has 1 aliphatic carbocycles. The summed E-state index contributed by atoms with van der Waals surface area (Å²) in [5.41, 5.74) is 0.0144. The van der Waals surface area contributed by atoms with Crippen LogP contribution in [0.5, 0.6) is 0 Å². The van der Waals surface area contributed by atoms with E-state index in [9.17, 15) is 9.90 Å². The highest BCUT2D eigenvalue weighted by molar-refractivity contribution is 5.74. The normalized spacial score (nSPS) is 28.1. The van der Waals surface area contributed by atoms with E-state index in [1.807, 2.05) is 0 Å². The Balaban J connectivity index is 1.70. The number of nitrogens with one attached hydrogen (secondary N) is 2. The molecule has 2 rings (SSSR count). The Morgan fingerprint density at radius 1 is 1.14 bits per heavy atom. The maximum atomic E-state index is 12.0. The van der Waals surface area contributed by atoms with E-state index in [2.05, 4.69) is 29.4 Å². The number of nitrogens with zero attached hydrogens (tertiary/aromatic N) is 1. The number of aliphatic hydroxyl groups is 1. The maximum absolute atomic E-state index is 12.0. The van der Waals surface area contributed by atoms with Crippen molar-refractivity contribution in [1.29, 1.82) is 0 Å². The first kappa shape index (κ1) is 16.6. The minimum Gasteiger partial charge on any atom is -0.393 e.